The van der Waals surface area contributed by atoms with E-state index in [0.29, 0.717) is 34.5 Å². The normalized spacial score (nSPS) is 28.0. The van der Waals surface area contributed by atoms with Crippen LogP contribution in [0.25, 0.3) is 28.2 Å². The van der Waals surface area contributed by atoms with Crippen LogP contribution in [0, 0.1) is 5.92 Å². The second-order valence-corrected chi connectivity index (χ2v) is 10.3. The number of fused-ring (bicyclic) bond motifs is 2. The number of aromatic hydroxyl groups is 1. The van der Waals surface area contributed by atoms with Crippen molar-refractivity contribution in [3.63, 3.8) is 0 Å². The fraction of sp³-hybridized carbons (Fsp3) is 0.423. The lowest BCUT2D eigenvalue weighted by Gasteiger charge is -2.55. The van der Waals surface area contributed by atoms with E-state index in [1.807, 2.05) is 6.92 Å². The van der Waals surface area contributed by atoms with Gasteiger partial charge in [-0.1, -0.05) is 12.6 Å². The molecule has 2 aliphatic heterocycles. The first-order valence-electron chi connectivity index (χ1n) is 11.8. The summed E-state index contributed by atoms with van der Waals surface area (Å²) in [5.41, 5.74) is 1.54. The maximum atomic E-state index is 15.6. The van der Waals surface area contributed by atoms with Gasteiger partial charge in [-0.3, -0.25) is 4.57 Å². The highest BCUT2D eigenvalue weighted by Crippen LogP contribution is 2.47. The van der Waals surface area contributed by atoms with Crippen LogP contribution in [0.3, 0.4) is 0 Å². The number of piperidine rings is 2. The van der Waals surface area contributed by atoms with Crippen LogP contribution in [0.2, 0.25) is 0 Å². The largest absolute Gasteiger partial charge is 0.507 e. The average molecular weight is 477 g/mol. The molecule has 0 aliphatic carbocycles. The number of halogens is 1. The van der Waals surface area contributed by atoms with Crippen LogP contribution < -0.4 is 11.0 Å². The maximum absolute atomic E-state index is 15.6. The van der Waals surface area contributed by atoms with Gasteiger partial charge in [0, 0.05) is 35.2 Å². The molecule has 182 valence electrons. The zero-order valence-electron chi connectivity index (χ0n) is 20.1. The van der Waals surface area contributed by atoms with E-state index in [4.69, 9.17) is 0 Å². The molecule has 2 aromatic heterocycles. The highest BCUT2D eigenvalue weighted by Gasteiger charge is 2.53. The quantitative estimate of drug-likeness (QED) is 0.592. The zero-order valence-corrected chi connectivity index (χ0v) is 20.1. The van der Waals surface area contributed by atoms with Gasteiger partial charge in [0.05, 0.1) is 11.4 Å². The molecule has 9 heteroatoms. The van der Waals surface area contributed by atoms with Crippen LogP contribution in [-0.4, -0.2) is 47.1 Å². The third kappa shape index (κ3) is 4.14. The van der Waals surface area contributed by atoms with Crippen molar-refractivity contribution in [2.45, 2.75) is 56.8 Å². The fourth-order valence-corrected chi connectivity index (χ4v) is 5.61. The van der Waals surface area contributed by atoms with Gasteiger partial charge in [-0.05, 0) is 69.4 Å². The van der Waals surface area contributed by atoms with Gasteiger partial charge in [-0.15, -0.1) is 5.10 Å². The number of alkyl halides is 1. The average Bonchev–Trinajstić information content (AvgIpc) is 2.83. The summed E-state index contributed by atoms with van der Waals surface area (Å²) >= 11 is 0. The lowest BCUT2D eigenvalue weighted by atomic mass is 9.64. The number of allylic oxidation sites excluding steroid dienone is 1. The fourth-order valence-electron chi connectivity index (χ4n) is 5.61. The Labute approximate surface area is 203 Å². The zero-order chi connectivity index (χ0) is 25.0. The number of aromatic nitrogens is 5. The number of phenols is 1. The Morgan fingerprint density at radius 1 is 1.23 bits per heavy atom. The minimum Gasteiger partial charge on any atom is -0.507 e. The smallest absolute Gasteiger partial charge is 0.350 e. The summed E-state index contributed by atoms with van der Waals surface area (Å²) in [4.78, 5) is 19.8. The van der Waals surface area contributed by atoms with E-state index in [-0.39, 0.29) is 23.0 Å². The van der Waals surface area contributed by atoms with Crippen LogP contribution in [0.1, 0.15) is 45.2 Å². The Balaban J connectivity index is 1.38. The van der Waals surface area contributed by atoms with Crippen molar-refractivity contribution < 1.29 is 9.50 Å². The summed E-state index contributed by atoms with van der Waals surface area (Å²) in [6.45, 7) is 8.34. The van der Waals surface area contributed by atoms with Gasteiger partial charge in [0.25, 0.3) is 0 Å². The van der Waals surface area contributed by atoms with Crippen LogP contribution >= 0.6 is 0 Å². The van der Waals surface area contributed by atoms with Gasteiger partial charge >= 0.3 is 5.69 Å². The van der Waals surface area contributed by atoms with Gasteiger partial charge in [0.15, 0.2) is 5.82 Å². The molecule has 2 fully saturated rings. The highest BCUT2D eigenvalue weighted by molar-refractivity contribution is 5.72. The SMILES string of the molecule is C=C(c1ccc(-c2ccc(-c3ncn(C)c(=O)n3)cc2O)nn1)[C@@H]1C[C@@]2(C)CCC[C@](C)(N2)[C@@H]1F. The van der Waals surface area contributed by atoms with E-state index in [0.717, 1.165) is 19.3 Å². The molecule has 0 amide bonds. The number of benzene rings is 1. The lowest BCUT2D eigenvalue weighted by Crippen LogP contribution is -2.68. The molecule has 2 N–H and O–H groups in total. The molecule has 0 spiro atoms. The highest BCUT2D eigenvalue weighted by atomic mass is 19.1. The Hall–Kier alpha value is -3.46. The van der Waals surface area contributed by atoms with E-state index in [1.165, 1.54) is 17.0 Å². The standard InChI is InChI=1S/C26H29FN6O2/c1-15(18-13-25(2)10-5-11-26(3,32-25)22(18)27)19-8-9-20(31-30-19)17-7-6-16(12-21(17)34)23-28-14-33(4)24(35)29-23/h6-9,12,14,18,22,32,34H,1,5,10-11,13H2,2-4H3/t18-,22+,25+,26-/m0/s1. The number of hydrogen-bond donors (Lipinski definition) is 2. The Morgan fingerprint density at radius 2 is 2.03 bits per heavy atom. The summed E-state index contributed by atoms with van der Waals surface area (Å²) in [5.74, 6) is -0.149. The molecule has 3 aromatic rings. The molecule has 0 saturated carbocycles. The van der Waals surface area contributed by atoms with Gasteiger partial charge in [-0.25, -0.2) is 14.2 Å². The Morgan fingerprint density at radius 3 is 2.71 bits per heavy atom. The molecule has 2 saturated heterocycles. The van der Waals surface area contributed by atoms with Crippen LogP contribution in [-0.2, 0) is 7.05 Å². The first-order chi connectivity index (χ1) is 16.6. The monoisotopic (exact) mass is 476 g/mol. The Bertz CT molecular complexity index is 1360. The molecular weight excluding hydrogens is 447 g/mol. The van der Waals surface area contributed by atoms with Crippen molar-refractivity contribution in [2.75, 3.05) is 0 Å². The molecule has 5 rings (SSSR count). The van der Waals surface area contributed by atoms with E-state index in [9.17, 15) is 9.90 Å². The molecule has 4 heterocycles. The number of phenolic OH excluding ortho intramolecular Hbond substituents is 1. The number of nitrogens with zero attached hydrogens (tertiary/aromatic N) is 5. The molecule has 0 unspecified atom stereocenters. The van der Waals surface area contributed by atoms with Crippen molar-refractivity contribution in [2.24, 2.45) is 13.0 Å². The van der Waals surface area contributed by atoms with Crippen molar-refractivity contribution in [3.05, 3.63) is 59.4 Å². The third-order valence-electron chi connectivity index (χ3n) is 7.47. The topological polar surface area (TPSA) is 106 Å². The van der Waals surface area contributed by atoms with Crippen LogP contribution in [0.15, 0.2) is 48.0 Å². The van der Waals surface area contributed by atoms with Crippen molar-refractivity contribution in [1.29, 1.82) is 0 Å². The molecule has 1 aromatic carbocycles. The van der Waals surface area contributed by atoms with Gasteiger partial charge in [-0.2, -0.15) is 10.1 Å². The second kappa shape index (κ2) is 8.34. The minimum absolute atomic E-state index is 0.0384. The predicted octanol–water partition coefficient (Wildman–Crippen LogP) is 3.67. The van der Waals surface area contributed by atoms with Crippen molar-refractivity contribution in [1.82, 2.24) is 30.0 Å². The number of rotatable bonds is 4. The predicted molar refractivity (Wildman–Crippen MR) is 131 cm³/mol. The van der Waals surface area contributed by atoms with E-state index < -0.39 is 17.4 Å². The summed E-state index contributed by atoms with van der Waals surface area (Å²) in [6, 6.07) is 8.40. The molecule has 2 aliphatic rings. The lowest BCUT2D eigenvalue weighted by molar-refractivity contribution is -0.00602. The van der Waals surface area contributed by atoms with E-state index in [2.05, 4.69) is 39.0 Å². The molecule has 35 heavy (non-hydrogen) atoms. The van der Waals surface area contributed by atoms with Crippen molar-refractivity contribution >= 4 is 5.57 Å². The molecule has 2 bridgehead atoms. The second-order valence-electron chi connectivity index (χ2n) is 10.3. The van der Waals surface area contributed by atoms with E-state index in [1.54, 1.807) is 31.3 Å². The summed E-state index contributed by atoms with van der Waals surface area (Å²) in [7, 11) is 1.56. The first kappa shape index (κ1) is 23.3. The summed E-state index contributed by atoms with van der Waals surface area (Å²) < 4.78 is 16.9. The molecule has 0 radical (unpaired) electrons. The number of nitrogens with one attached hydrogen (secondary N) is 1. The molecule has 8 nitrogen and oxygen atoms in total. The van der Waals surface area contributed by atoms with Crippen molar-refractivity contribution in [3.8, 4) is 28.4 Å². The number of hydrogen-bond acceptors (Lipinski definition) is 7. The van der Waals surface area contributed by atoms with Gasteiger partial charge in [0.2, 0.25) is 0 Å². The maximum Gasteiger partial charge on any atom is 0.350 e. The van der Waals surface area contributed by atoms with Crippen LogP contribution in [0.4, 0.5) is 4.39 Å². The van der Waals surface area contributed by atoms with Gasteiger partial charge < -0.3 is 10.4 Å². The third-order valence-corrected chi connectivity index (χ3v) is 7.47. The molecule has 4 atom stereocenters. The summed E-state index contributed by atoms with van der Waals surface area (Å²) in [6.07, 6.45) is 3.82. The minimum atomic E-state index is -1.06. The Kier molecular flexibility index (Phi) is 5.55. The van der Waals surface area contributed by atoms with Crippen LogP contribution in [0.5, 0.6) is 5.75 Å². The summed E-state index contributed by atoms with van der Waals surface area (Å²) in [5, 5.41) is 22.8. The molecular formula is C26H29FN6O2. The van der Waals surface area contributed by atoms with Gasteiger partial charge in [0.1, 0.15) is 18.2 Å². The first-order valence-corrected chi connectivity index (χ1v) is 11.8. The number of aryl methyl sites for hydroxylation is 1. The van der Waals surface area contributed by atoms with E-state index >= 15 is 4.39 Å².